The van der Waals surface area contributed by atoms with E-state index < -0.39 is 0 Å². The van der Waals surface area contributed by atoms with Crippen LogP contribution in [-0.4, -0.2) is 20.5 Å². The van der Waals surface area contributed by atoms with E-state index in [2.05, 4.69) is 72.9 Å². The van der Waals surface area contributed by atoms with Gasteiger partial charge in [-0.15, -0.1) is 0 Å². The predicted molar refractivity (Wildman–Crippen MR) is 120 cm³/mol. The summed E-state index contributed by atoms with van der Waals surface area (Å²) in [5.41, 5.74) is 5.87. The first-order valence-electron chi connectivity index (χ1n) is 10.2. The Morgan fingerprint density at radius 3 is 2.83 bits per heavy atom. The molecule has 1 atom stereocenters. The average Bonchev–Trinajstić information content (AvgIpc) is 3.36. The first-order chi connectivity index (χ1) is 14.6. The Labute approximate surface area is 183 Å². The van der Waals surface area contributed by atoms with Crippen LogP contribution < -0.4 is 0 Å². The third-order valence-corrected chi connectivity index (χ3v) is 6.24. The molecule has 1 N–H and O–H groups in total. The number of carbonyl (C=O) groups is 1. The van der Waals surface area contributed by atoms with E-state index in [-0.39, 0.29) is 12.1 Å². The molecule has 1 aliphatic rings. The van der Waals surface area contributed by atoms with Crippen LogP contribution in [0.1, 0.15) is 42.7 Å². The van der Waals surface area contributed by atoms with E-state index in [0.717, 1.165) is 47.4 Å². The number of halogens is 1. The van der Waals surface area contributed by atoms with Crippen molar-refractivity contribution in [3.63, 3.8) is 0 Å². The number of H-pyrrole nitrogens is 1. The zero-order chi connectivity index (χ0) is 20.7. The van der Waals surface area contributed by atoms with E-state index in [0.29, 0.717) is 0 Å². The summed E-state index contributed by atoms with van der Waals surface area (Å²) in [5, 5.41) is 1.24. The van der Waals surface area contributed by atoms with Crippen LogP contribution in [0.3, 0.4) is 0 Å². The van der Waals surface area contributed by atoms with Crippen molar-refractivity contribution in [1.29, 1.82) is 0 Å². The molecule has 0 saturated heterocycles. The third-order valence-electron chi connectivity index (χ3n) is 5.75. The predicted octanol–water partition coefficient (Wildman–Crippen LogP) is 5.78. The standard InChI is InChI=1S/C24H22BrN3O2/c1-15(29)30-22-4-2-3-19-20-13-18(25)9-10-21(20)28(23(19)22)14-16-5-7-17(8-6-16)24-26-11-12-27-24/h5-13,22H,2-4,14H2,1H3,(H,26,27). The molecule has 0 saturated carbocycles. The van der Waals surface area contributed by atoms with E-state index in [1.54, 1.807) is 6.20 Å². The number of aromatic amines is 1. The molecule has 5 nitrogen and oxygen atoms in total. The molecule has 1 unspecified atom stereocenters. The van der Waals surface area contributed by atoms with E-state index in [9.17, 15) is 4.79 Å². The number of benzene rings is 2. The highest BCUT2D eigenvalue weighted by Crippen LogP contribution is 2.40. The van der Waals surface area contributed by atoms with Crippen molar-refractivity contribution in [2.75, 3.05) is 0 Å². The van der Waals surface area contributed by atoms with Gasteiger partial charge in [-0.2, -0.15) is 0 Å². The number of carbonyl (C=O) groups excluding carboxylic acids is 1. The van der Waals surface area contributed by atoms with Crippen molar-refractivity contribution in [2.24, 2.45) is 0 Å². The van der Waals surface area contributed by atoms with Crippen molar-refractivity contribution in [2.45, 2.75) is 38.8 Å². The number of aromatic nitrogens is 3. The number of ether oxygens (including phenoxy) is 1. The molecule has 0 amide bonds. The molecule has 0 aliphatic heterocycles. The number of esters is 1. The number of rotatable bonds is 4. The average molecular weight is 464 g/mol. The molecule has 30 heavy (non-hydrogen) atoms. The number of hydrogen-bond donors (Lipinski definition) is 1. The Morgan fingerprint density at radius 2 is 2.10 bits per heavy atom. The smallest absolute Gasteiger partial charge is 0.303 e. The lowest BCUT2D eigenvalue weighted by Crippen LogP contribution is -2.19. The Morgan fingerprint density at radius 1 is 1.27 bits per heavy atom. The second kappa shape index (κ2) is 7.76. The van der Waals surface area contributed by atoms with Crippen LogP contribution in [0.25, 0.3) is 22.3 Å². The summed E-state index contributed by atoms with van der Waals surface area (Å²) < 4.78 is 9.13. The minimum atomic E-state index is -0.228. The topological polar surface area (TPSA) is 59.9 Å². The maximum absolute atomic E-state index is 11.8. The maximum Gasteiger partial charge on any atom is 0.303 e. The summed E-state index contributed by atoms with van der Waals surface area (Å²) >= 11 is 3.62. The Balaban J connectivity index is 1.58. The Bertz CT molecular complexity index is 1210. The quantitative estimate of drug-likeness (QED) is 0.390. The molecule has 2 aromatic heterocycles. The van der Waals surface area contributed by atoms with Crippen LogP contribution in [0.4, 0.5) is 0 Å². The number of fused-ring (bicyclic) bond motifs is 3. The lowest BCUT2D eigenvalue weighted by atomic mass is 9.93. The lowest BCUT2D eigenvalue weighted by Gasteiger charge is -2.25. The molecule has 0 spiro atoms. The number of hydrogen-bond acceptors (Lipinski definition) is 3. The second-order valence-electron chi connectivity index (χ2n) is 7.74. The highest BCUT2D eigenvalue weighted by atomic mass is 79.9. The number of nitrogens with zero attached hydrogens (tertiary/aromatic N) is 2. The van der Waals surface area contributed by atoms with Gasteiger partial charge >= 0.3 is 5.97 Å². The van der Waals surface area contributed by atoms with E-state index in [4.69, 9.17) is 4.74 Å². The molecule has 2 aromatic carbocycles. The van der Waals surface area contributed by atoms with Crippen molar-refractivity contribution >= 4 is 32.8 Å². The van der Waals surface area contributed by atoms with E-state index in [1.807, 2.05) is 6.20 Å². The molecule has 0 radical (unpaired) electrons. The summed E-state index contributed by atoms with van der Waals surface area (Å²) in [6.07, 6.45) is 6.28. The van der Waals surface area contributed by atoms with Crippen LogP contribution in [0.15, 0.2) is 59.3 Å². The third kappa shape index (κ3) is 3.45. The molecular formula is C24H22BrN3O2. The minimum absolute atomic E-state index is 0.195. The maximum atomic E-state index is 11.8. The SMILES string of the molecule is CC(=O)OC1CCCc2c1n(Cc1ccc(-c3ncc[nH]3)cc1)c1ccc(Br)cc21. The molecule has 5 rings (SSSR count). The fourth-order valence-electron chi connectivity index (χ4n) is 4.51. The number of aryl methyl sites for hydroxylation is 1. The van der Waals surface area contributed by atoms with Crippen molar-refractivity contribution in [3.05, 3.63) is 76.2 Å². The highest BCUT2D eigenvalue weighted by Gasteiger charge is 2.29. The highest BCUT2D eigenvalue weighted by molar-refractivity contribution is 9.10. The van der Waals surface area contributed by atoms with Crippen LogP contribution >= 0.6 is 15.9 Å². The van der Waals surface area contributed by atoms with Crippen LogP contribution in [0.2, 0.25) is 0 Å². The van der Waals surface area contributed by atoms with Gasteiger partial charge in [-0.1, -0.05) is 40.2 Å². The molecule has 1 aliphatic carbocycles. The van der Waals surface area contributed by atoms with E-state index >= 15 is 0 Å². The zero-order valence-corrected chi connectivity index (χ0v) is 18.3. The summed E-state index contributed by atoms with van der Waals surface area (Å²) in [7, 11) is 0. The minimum Gasteiger partial charge on any atom is -0.456 e. The van der Waals surface area contributed by atoms with Gasteiger partial charge in [0.1, 0.15) is 11.9 Å². The van der Waals surface area contributed by atoms with Gasteiger partial charge in [0.05, 0.1) is 5.69 Å². The van der Waals surface area contributed by atoms with Crippen LogP contribution in [0, 0.1) is 0 Å². The first-order valence-corrected chi connectivity index (χ1v) is 11.0. The molecular weight excluding hydrogens is 442 g/mol. The van der Waals surface area contributed by atoms with Gasteiger partial charge in [0.2, 0.25) is 0 Å². The molecule has 0 fully saturated rings. The van der Waals surface area contributed by atoms with Gasteiger partial charge in [0.25, 0.3) is 0 Å². The zero-order valence-electron chi connectivity index (χ0n) is 16.7. The monoisotopic (exact) mass is 463 g/mol. The van der Waals surface area contributed by atoms with Gasteiger partial charge in [0, 0.05) is 46.8 Å². The molecule has 152 valence electrons. The molecule has 4 aromatic rings. The second-order valence-corrected chi connectivity index (χ2v) is 8.65. The first kappa shape index (κ1) is 19.1. The fraction of sp³-hybridized carbons (Fsp3) is 0.250. The molecule has 0 bridgehead atoms. The fourth-order valence-corrected chi connectivity index (χ4v) is 4.87. The summed E-state index contributed by atoms with van der Waals surface area (Å²) in [5.74, 6) is 0.638. The summed E-state index contributed by atoms with van der Waals surface area (Å²) in [6, 6.07) is 14.9. The molecule has 2 heterocycles. The summed E-state index contributed by atoms with van der Waals surface area (Å²) in [4.78, 5) is 19.2. The van der Waals surface area contributed by atoms with Gasteiger partial charge in [-0.05, 0) is 48.6 Å². The molecule has 6 heteroatoms. The summed E-state index contributed by atoms with van der Waals surface area (Å²) in [6.45, 7) is 2.22. The van der Waals surface area contributed by atoms with Gasteiger partial charge < -0.3 is 14.3 Å². The van der Waals surface area contributed by atoms with Gasteiger partial charge in [0.15, 0.2) is 0 Å². The van der Waals surface area contributed by atoms with Gasteiger partial charge in [-0.3, -0.25) is 4.79 Å². The van der Waals surface area contributed by atoms with Crippen LogP contribution in [-0.2, 0) is 22.5 Å². The Kier molecular flexibility index (Phi) is 4.95. The van der Waals surface area contributed by atoms with Crippen LogP contribution in [0.5, 0.6) is 0 Å². The lowest BCUT2D eigenvalue weighted by molar-refractivity contribution is -0.147. The van der Waals surface area contributed by atoms with Gasteiger partial charge in [-0.25, -0.2) is 4.98 Å². The van der Waals surface area contributed by atoms with E-state index in [1.165, 1.54) is 29.0 Å². The Hall–Kier alpha value is -2.86. The van der Waals surface area contributed by atoms with Crippen molar-refractivity contribution in [1.82, 2.24) is 14.5 Å². The van der Waals surface area contributed by atoms with Crippen molar-refractivity contribution in [3.8, 4) is 11.4 Å². The van der Waals surface area contributed by atoms with Crippen molar-refractivity contribution < 1.29 is 9.53 Å². The number of imidazole rings is 1. The number of nitrogens with one attached hydrogen (secondary N) is 1. The largest absolute Gasteiger partial charge is 0.456 e. The normalized spacial score (nSPS) is 15.9.